The van der Waals surface area contributed by atoms with Crippen LogP contribution < -0.4 is 5.73 Å². The van der Waals surface area contributed by atoms with Gasteiger partial charge in [0.25, 0.3) is 0 Å². The summed E-state index contributed by atoms with van der Waals surface area (Å²) in [7, 11) is -1.35. The summed E-state index contributed by atoms with van der Waals surface area (Å²) in [5, 5.41) is 0. The van der Waals surface area contributed by atoms with Gasteiger partial charge in [-0.25, -0.2) is 0 Å². The molecule has 1 saturated heterocycles. The Kier molecular flexibility index (Phi) is 3.13. The van der Waals surface area contributed by atoms with Crippen molar-refractivity contribution in [2.45, 2.75) is 44.9 Å². The van der Waals surface area contributed by atoms with Crippen LogP contribution in [0.5, 0.6) is 0 Å². The number of carbonyl (C=O) groups is 1. The van der Waals surface area contributed by atoms with Crippen LogP contribution in [0, 0.1) is 0 Å². The molecule has 1 fully saturated rings. The van der Waals surface area contributed by atoms with Gasteiger partial charge in [0.05, 0.1) is 6.04 Å². The minimum atomic E-state index is -1.35. The molecule has 0 aromatic heterocycles. The topological polar surface area (TPSA) is 46.3 Å². The molecule has 76 valence electrons. The predicted octanol–water partition coefficient (Wildman–Crippen LogP) is 1.16. The van der Waals surface area contributed by atoms with Crippen molar-refractivity contribution in [2.75, 3.05) is 6.54 Å². The number of nitrogens with two attached hydrogens (primary N) is 1. The third kappa shape index (κ3) is 2.54. The molecular formula is C9H20N2OSi. The molecule has 1 unspecified atom stereocenters. The van der Waals surface area contributed by atoms with Crippen molar-refractivity contribution < 1.29 is 4.79 Å². The van der Waals surface area contributed by atoms with Gasteiger partial charge in [-0.3, -0.25) is 4.79 Å². The van der Waals surface area contributed by atoms with Crippen molar-refractivity contribution in [3.05, 3.63) is 0 Å². The van der Waals surface area contributed by atoms with Gasteiger partial charge >= 0.3 is 0 Å². The average molecular weight is 200 g/mol. The maximum absolute atomic E-state index is 11.2. The zero-order chi connectivity index (χ0) is 10.1. The molecule has 1 heterocycles. The fourth-order valence-corrected chi connectivity index (χ4v) is 4.05. The Morgan fingerprint density at radius 1 is 1.38 bits per heavy atom. The van der Waals surface area contributed by atoms with Crippen LogP contribution in [-0.4, -0.2) is 31.3 Å². The predicted molar refractivity (Wildman–Crippen MR) is 56.9 cm³/mol. The molecule has 0 aromatic rings. The van der Waals surface area contributed by atoms with Crippen molar-refractivity contribution in [3.63, 3.8) is 0 Å². The molecule has 3 nitrogen and oxygen atoms in total. The van der Waals surface area contributed by atoms with Gasteiger partial charge in [-0.15, -0.1) is 0 Å². The van der Waals surface area contributed by atoms with E-state index in [9.17, 15) is 4.79 Å². The van der Waals surface area contributed by atoms with Crippen molar-refractivity contribution in [2.24, 2.45) is 5.73 Å². The lowest BCUT2D eigenvalue weighted by atomic mass is 10.0. The van der Waals surface area contributed by atoms with Crippen molar-refractivity contribution in [1.29, 1.82) is 0 Å². The van der Waals surface area contributed by atoms with Crippen LogP contribution in [0.2, 0.25) is 19.6 Å². The third-order valence-electron chi connectivity index (χ3n) is 2.69. The van der Waals surface area contributed by atoms with Gasteiger partial charge in [0, 0.05) is 0 Å². The number of hydrogen-bond donors (Lipinski definition) is 1. The van der Waals surface area contributed by atoms with Gasteiger partial charge in [-0.05, 0) is 19.4 Å². The van der Waals surface area contributed by atoms with E-state index in [0.717, 1.165) is 19.4 Å². The molecule has 0 spiro atoms. The number of carbonyl (C=O) groups excluding carboxylic acids is 1. The van der Waals surface area contributed by atoms with E-state index in [0.29, 0.717) is 0 Å². The largest absolute Gasteiger partial charge is 0.368 e. The molecule has 0 saturated carbocycles. The molecule has 0 radical (unpaired) electrons. The van der Waals surface area contributed by atoms with Crippen molar-refractivity contribution >= 4 is 14.1 Å². The molecule has 2 N–H and O–H groups in total. The van der Waals surface area contributed by atoms with Crippen molar-refractivity contribution in [3.8, 4) is 0 Å². The van der Waals surface area contributed by atoms with Gasteiger partial charge < -0.3 is 10.3 Å². The Morgan fingerprint density at radius 2 is 2.00 bits per heavy atom. The minimum absolute atomic E-state index is 0.0143. The Balaban J connectivity index is 2.73. The number of primary amides is 1. The van der Waals surface area contributed by atoms with Crippen LogP contribution >= 0.6 is 0 Å². The fraction of sp³-hybridized carbons (Fsp3) is 0.889. The summed E-state index contributed by atoms with van der Waals surface area (Å²) in [6.07, 6.45) is 3.32. The lowest BCUT2D eigenvalue weighted by Crippen LogP contribution is -2.58. The molecule has 0 bridgehead atoms. The van der Waals surface area contributed by atoms with E-state index in [1.54, 1.807) is 0 Å². The number of amides is 1. The third-order valence-corrected chi connectivity index (χ3v) is 4.95. The summed E-state index contributed by atoms with van der Waals surface area (Å²) in [5.41, 5.74) is 5.40. The van der Waals surface area contributed by atoms with Gasteiger partial charge in [-0.2, -0.15) is 0 Å². The highest BCUT2D eigenvalue weighted by Gasteiger charge is 2.35. The first-order valence-corrected chi connectivity index (χ1v) is 8.43. The molecule has 1 atom stereocenters. The molecule has 1 aliphatic rings. The first kappa shape index (κ1) is 10.7. The first-order valence-electron chi connectivity index (χ1n) is 4.99. The monoisotopic (exact) mass is 200 g/mol. The Bertz CT molecular complexity index is 200. The Morgan fingerprint density at radius 3 is 2.38 bits per heavy atom. The van der Waals surface area contributed by atoms with E-state index >= 15 is 0 Å². The van der Waals surface area contributed by atoms with Gasteiger partial charge in [-0.1, -0.05) is 26.1 Å². The lowest BCUT2D eigenvalue weighted by Gasteiger charge is -2.42. The second-order valence-corrected chi connectivity index (χ2v) is 9.69. The second-order valence-electron chi connectivity index (χ2n) is 4.78. The zero-order valence-corrected chi connectivity index (χ0v) is 9.84. The smallest absolute Gasteiger partial charge is 0.234 e. The summed E-state index contributed by atoms with van der Waals surface area (Å²) in [5.74, 6) is -0.137. The number of piperidine rings is 1. The first-order chi connectivity index (χ1) is 5.93. The maximum Gasteiger partial charge on any atom is 0.234 e. The summed E-state index contributed by atoms with van der Waals surface area (Å²) in [6.45, 7) is 7.88. The SMILES string of the molecule is C[Si](C)(C)N1CCCCC1C(N)=O. The van der Waals surface area contributed by atoms with Gasteiger partial charge in [0.1, 0.15) is 8.24 Å². The maximum atomic E-state index is 11.2. The highest BCUT2D eigenvalue weighted by molar-refractivity contribution is 6.73. The summed E-state index contributed by atoms with van der Waals surface area (Å²) >= 11 is 0. The molecule has 1 aliphatic heterocycles. The van der Waals surface area contributed by atoms with E-state index in [1.165, 1.54) is 6.42 Å². The molecular weight excluding hydrogens is 180 g/mol. The van der Waals surface area contributed by atoms with E-state index in [1.807, 2.05) is 0 Å². The minimum Gasteiger partial charge on any atom is -0.368 e. The van der Waals surface area contributed by atoms with Crippen LogP contribution in [0.3, 0.4) is 0 Å². The van der Waals surface area contributed by atoms with E-state index in [-0.39, 0.29) is 11.9 Å². The van der Waals surface area contributed by atoms with Crippen molar-refractivity contribution in [1.82, 2.24) is 4.57 Å². The summed E-state index contributed by atoms with van der Waals surface area (Å²) < 4.78 is 2.36. The Labute approximate surface area is 81.4 Å². The quantitative estimate of drug-likeness (QED) is 0.680. The molecule has 0 aromatic carbocycles. The normalized spacial score (nSPS) is 25.9. The van der Waals surface area contributed by atoms with E-state index in [4.69, 9.17) is 5.73 Å². The number of hydrogen-bond acceptors (Lipinski definition) is 2. The fourth-order valence-electron chi connectivity index (χ4n) is 2.03. The zero-order valence-electron chi connectivity index (χ0n) is 8.84. The molecule has 1 amide bonds. The lowest BCUT2D eigenvalue weighted by molar-refractivity contribution is -0.122. The highest BCUT2D eigenvalue weighted by atomic mass is 28.3. The molecule has 1 rings (SSSR count). The Hall–Kier alpha value is -0.353. The van der Waals surface area contributed by atoms with E-state index < -0.39 is 8.24 Å². The summed E-state index contributed by atoms with van der Waals surface area (Å²) in [6, 6.07) is 0.0143. The molecule has 4 heteroatoms. The molecule has 13 heavy (non-hydrogen) atoms. The van der Waals surface area contributed by atoms with Gasteiger partial charge in [0.2, 0.25) is 5.91 Å². The number of rotatable bonds is 2. The highest BCUT2D eigenvalue weighted by Crippen LogP contribution is 2.23. The second kappa shape index (κ2) is 3.80. The van der Waals surface area contributed by atoms with Crippen LogP contribution in [0.1, 0.15) is 19.3 Å². The van der Waals surface area contributed by atoms with Gasteiger partial charge in [0.15, 0.2) is 0 Å². The standard InChI is InChI=1S/C9H20N2OSi/c1-13(2,3)11-7-5-4-6-8(11)9(10)12/h8H,4-7H2,1-3H3,(H2,10,12). The van der Waals surface area contributed by atoms with Crippen LogP contribution in [-0.2, 0) is 4.79 Å². The summed E-state index contributed by atoms with van der Waals surface area (Å²) in [4.78, 5) is 11.2. The van der Waals surface area contributed by atoms with Crippen LogP contribution in [0.4, 0.5) is 0 Å². The average Bonchev–Trinajstić information content (AvgIpc) is 2.03. The number of nitrogens with zero attached hydrogens (tertiary/aromatic N) is 1. The van der Waals surface area contributed by atoms with E-state index in [2.05, 4.69) is 24.2 Å². The molecule has 0 aliphatic carbocycles. The van der Waals surface area contributed by atoms with Crippen LogP contribution in [0.15, 0.2) is 0 Å². The van der Waals surface area contributed by atoms with Crippen LogP contribution in [0.25, 0.3) is 0 Å².